The average molecular weight is 233 g/mol. The molecule has 90 valence electrons. The molecule has 0 aliphatic rings. The van der Waals surface area contributed by atoms with Crippen LogP contribution in [0.4, 0.5) is 0 Å². The highest BCUT2D eigenvalue weighted by atomic mass is 16.4. The molecule has 0 saturated heterocycles. The minimum absolute atomic E-state index is 0.108. The highest BCUT2D eigenvalue weighted by Crippen LogP contribution is 2.23. The summed E-state index contributed by atoms with van der Waals surface area (Å²) in [6, 6.07) is 1.98. The molecule has 2 rings (SSSR count). The van der Waals surface area contributed by atoms with E-state index < -0.39 is 5.97 Å². The van der Waals surface area contributed by atoms with Gasteiger partial charge < -0.3 is 14.7 Å². The van der Waals surface area contributed by atoms with E-state index >= 15 is 0 Å². The van der Waals surface area contributed by atoms with Crippen LogP contribution in [0.25, 0.3) is 11.3 Å². The maximum atomic E-state index is 10.6. The summed E-state index contributed by atoms with van der Waals surface area (Å²) in [5.41, 5.74) is 3.03. The minimum Gasteiger partial charge on any atom is -0.481 e. The molecule has 0 amide bonds. The van der Waals surface area contributed by atoms with Crippen LogP contribution >= 0.6 is 0 Å². The van der Waals surface area contributed by atoms with Crippen molar-refractivity contribution in [1.29, 1.82) is 0 Å². The third-order valence-corrected chi connectivity index (χ3v) is 2.80. The molecule has 0 spiro atoms. The summed E-state index contributed by atoms with van der Waals surface area (Å²) >= 11 is 0. The second kappa shape index (κ2) is 4.45. The number of carboxylic acids is 1. The normalized spacial score (nSPS) is 10.7. The Bertz CT molecular complexity index is 526. The Morgan fingerprint density at radius 1 is 1.59 bits per heavy atom. The highest BCUT2D eigenvalue weighted by molar-refractivity contribution is 5.67. The van der Waals surface area contributed by atoms with Crippen molar-refractivity contribution in [3.63, 3.8) is 0 Å². The van der Waals surface area contributed by atoms with Gasteiger partial charge in [0.05, 0.1) is 17.8 Å². The van der Waals surface area contributed by atoms with E-state index in [1.165, 1.54) is 0 Å². The van der Waals surface area contributed by atoms with Crippen LogP contribution in [0.3, 0.4) is 0 Å². The molecule has 5 nitrogen and oxygen atoms in total. The van der Waals surface area contributed by atoms with Crippen LogP contribution in [0.15, 0.2) is 18.5 Å². The lowest BCUT2D eigenvalue weighted by atomic mass is 10.2. The van der Waals surface area contributed by atoms with Gasteiger partial charge in [0, 0.05) is 31.4 Å². The molecule has 2 heterocycles. The fourth-order valence-corrected chi connectivity index (χ4v) is 2.01. The van der Waals surface area contributed by atoms with Gasteiger partial charge in [-0.15, -0.1) is 0 Å². The molecule has 0 saturated carbocycles. The summed E-state index contributed by atoms with van der Waals surface area (Å²) in [6.45, 7) is 1.94. The number of aromatic nitrogens is 3. The van der Waals surface area contributed by atoms with E-state index in [4.69, 9.17) is 5.11 Å². The topological polar surface area (TPSA) is 70.9 Å². The van der Waals surface area contributed by atoms with Crippen LogP contribution in [0.5, 0.6) is 0 Å². The number of aliphatic carboxylic acids is 1. The molecule has 0 aromatic carbocycles. The summed E-state index contributed by atoms with van der Waals surface area (Å²) in [5, 5.41) is 8.68. The average Bonchev–Trinajstić information content (AvgIpc) is 2.84. The predicted molar refractivity (Wildman–Crippen MR) is 63.7 cm³/mol. The molecule has 2 aromatic heterocycles. The Balaban J connectivity index is 2.32. The number of aryl methyl sites for hydroxylation is 2. The first-order valence-electron chi connectivity index (χ1n) is 5.46. The highest BCUT2D eigenvalue weighted by Gasteiger charge is 2.14. The van der Waals surface area contributed by atoms with Crippen molar-refractivity contribution in [2.24, 2.45) is 7.05 Å². The lowest BCUT2D eigenvalue weighted by Gasteiger charge is -2.03. The van der Waals surface area contributed by atoms with Gasteiger partial charge in [-0.2, -0.15) is 0 Å². The third kappa shape index (κ3) is 2.22. The summed E-state index contributed by atoms with van der Waals surface area (Å²) in [6.07, 6.45) is 4.33. The number of nitrogens with zero attached hydrogens (tertiary/aromatic N) is 2. The molecule has 0 fully saturated rings. The molecule has 0 aliphatic carbocycles. The fourth-order valence-electron chi connectivity index (χ4n) is 2.01. The van der Waals surface area contributed by atoms with Crippen molar-refractivity contribution >= 4 is 5.97 Å². The van der Waals surface area contributed by atoms with Gasteiger partial charge in [0.25, 0.3) is 0 Å². The van der Waals surface area contributed by atoms with Crippen LogP contribution in [0, 0.1) is 6.92 Å². The van der Waals surface area contributed by atoms with E-state index in [9.17, 15) is 4.79 Å². The quantitative estimate of drug-likeness (QED) is 0.845. The van der Waals surface area contributed by atoms with Gasteiger partial charge in [-0.3, -0.25) is 4.79 Å². The monoisotopic (exact) mass is 233 g/mol. The van der Waals surface area contributed by atoms with Gasteiger partial charge in [-0.25, -0.2) is 4.98 Å². The Hall–Kier alpha value is -2.04. The summed E-state index contributed by atoms with van der Waals surface area (Å²) in [7, 11) is 1.92. The fraction of sp³-hybridized carbons (Fsp3) is 0.333. The standard InChI is InChI=1S/C12H15N3O2/c1-8-12(9-5-6-13-7-9)15(2)10(14-8)3-4-11(16)17/h5-7,13H,3-4H2,1-2H3,(H,16,17). The second-order valence-corrected chi connectivity index (χ2v) is 4.01. The SMILES string of the molecule is Cc1nc(CCC(=O)O)n(C)c1-c1cc[nH]c1. The van der Waals surface area contributed by atoms with E-state index in [0.717, 1.165) is 22.8 Å². The van der Waals surface area contributed by atoms with Crippen LogP contribution in [-0.2, 0) is 18.3 Å². The van der Waals surface area contributed by atoms with E-state index in [0.29, 0.717) is 6.42 Å². The van der Waals surface area contributed by atoms with Gasteiger partial charge in [0.2, 0.25) is 0 Å². The number of H-pyrrole nitrogens is 1. The second-order valence-electron chi connectivity index (χ2n) is 4.01. The molecule has 17 heavy (non-hydrogen) atoms. The summed E-state index contributed by atoms with van der Waals surface area (Å²) < 4.78 is 1.96. The van der Waals surface area contributed by atoms with Gasteiger partial charge in [0.1, 0.15) is 5.82 Å². The number of nitrogens with one attached hydrogen (secondary N) is 1. The van der Waals surface area contributed by atoms with E-state index in [2.05, 4.69) is 9.97 Å². The molecule has 0 unspecified atom stereocenters. The number of carbonyl (C=O) groups is 1. The van der Waals surface area contributed by atoms with Crippen molar-refractivity contribution in [2.45, 2.75) is 19.8 Å². The molecular formula is C12H15N3O2. The van der Waals surface area contributed by atoms with E-state index in [1.807, 2.05) is 37.0 Å². The van der Waals surface area contributed by atoms with Gasteiger partial charge >= 0.3 is 5.97 Å². The number of imidazole rings is 1. The smallest absolute Gasteiger partial charge is 0.303 e. The molecule has 2 N–H and O–H groups in total. The summed E-state index contributed by atoms with van der Waals surface area (Å²) in [4.78, 5) is 18.0. The first kappa shape index (κ1) is 11.4. The number of rotatable bonds is 4. The lowest BCUT2D eigenvalue weighted by molar-refractivity contribution is -0.137. The Morgan fingerprint density at radius 2 is 2.35 bits per heavy atom. The maximum Gasteiger partial charge on any atom is 0.303 e. The zero-order valence-electron chi connectivity index (χ0n) is 9.90. The number of carboxylic acid groups (broad SMARTS) is 1. The first-order chi connectivity index (χ1) is 8.09. The van der Waals surface area contributed by atoms with Crippen LogP contribution in [-0.4, -0.2) is 25.6 Å². The first-order valence-corrected chi connectivity index (χ1v) is 5.46. The Morgan fingerprint density at radius 3 is 2.94 bits per heavy atom. The molecule has 2 aromatic rings. The maximum absolute atomic E-state index is 10.6. The minimum atomic E-state index is -0.797. The van der Waals surface area contributed by atoms with Crippen molar-refractivity contribution in [2.75, 3.05) is 0 Å². The lowest BCUT2D eigenvalue weighted by Crippen LogP contribution is -2.03. The number of hydrogen-bond acceptors (Lipinski definition) is 2. The van der Waals surface area contributed by atoms with Gasteiger partial charge in [-0.1, -0.05) is 0 Å². The molecule has 0 atom stereocenters. The molecular weight excluding hydrogens is 218 g/mol. The summed E-state index contributed by atoms with van der Waals surface area (Å²) in [5.74, 6) is 0.00921. The predicted octanol–water partition coefficient (Wildman–Crippen LogP) is 1.74. The van der Waals surface area contributed by atoms with Crippen molar-refractivity contribution < 1.29 is 9.90 Å². The Labute approximate surface area is 99.1 Å². The van der Waals surface area contributed by atoms with Crippen LogP contribution in [0.1, 0.15) is 17.9 Å². The molecule has 5 heteroatoms. The zero-order chi connectivity index (χ0) is 12.4. The molecule has 0 radical (unpaired) electrons. The third-order valence-electron chi connectivity index (χ3n) is 2.80. The molecule has 0 bridgehead atoms. The van der Waals surface area contributed by atoms with Gasteiger partial charge in [0.15, 0.2) is 0 Å². The number of hydrogen-bond donors (Lipinski definition) is 2. The van der Waals surface area contributed by atoms with Gasteiger partial charge in [-0.05, 0) is 13.0 Å². The van der Waals surface area contributed by atoms with Crippen LogP contribution < -0.4 is 0 Å². The van der Waals surface area contributed by atoms with Crippen LogP contribution in [0.2, 0.25) is 0 Å². The van der Waals surface area contributed by atoms with Crippen molar-refractivity contribution in [1.82, 2.24) is 14.5 Å². The Kier molecular flexibility index (Phi) is 2.99. The number of aromatic amines is 1. The molecule has 0 aliphatic heterocycles. The van der Waals surface area contributed by atoms with Crippen molar-refractivity contribution in [3.8, 4) is 11.3 Å². The van der Waals surface area contributed by atoms with E-state index in [-0.39, 0.29) is 6.42 Å². The van der Waals surface area contributed by atoms with Crippen molar-refractivity contribution in [3.05, 3.63) is 30.0 Å². The largest absolute Gasteiger partial charge is 0.481 e. The van der Waals surface area contributed by atoms with E-state index in [1.54, 1.807) is 0 Å². The zero-order valence-corrected chi connectivity index (χ0v) is 9.90.